The standard InChI is InChI=1S/C13H17N3O/c1-2-11-8-15-5-3-12(11)13(16-14)7-10-4-6-17-9-10/h3-6,8-9,13,16H,2,7,14H2,1H3. The number of pyridine rings is 1. The van der Waals surface area contributed by atoms with Gasteiger partial charge < -0.3 is 4.42 Å². The maximum Gasteiger partial charge on any atom is 0.0935 e. The second-order valence-corrected chi connectivity index (χ2v) is 3.98. The molecule has 90 valence electrons. The second kappa shape index (κ2) is 5.61. The summed E-state index contributed by atoms with van der Waals surface area (Å²) >= 11 is 0. The molecule has 0 saturated carbocycles. The number of nitrogens with zero attached hydrogens (tertiary/aromatic N) is 1. The molecule has 0 spiro atoms. The van der Waals surface area contributed by atoms with E-state index in [1.165, 1.54) is 11.1 Å². The van der Waals surface area contributed by atoms with E-state index in [9.17, 15) is 0 Å². The zero-order valence-corrected chi connectivity index (χ0v) is 9.89. The van der Waals surface area contributed by atoms with Crippen molar-refractivity contribution in [1.82, 2.24) is 10.4 Å². The summed E-state index contributed by atoms with van der Waals surface area (Å²) in [4.78, 5) is 4.14. The Hall–Kier alpha value is -1.65. The summed E-state index contributed by atoms with van der Waals surface area (Å²) in [6.45, 7) is 2.12. The zero-order valence-electron chi connectivity index (χ0n) is 9.89. The molecule has 1 unspecified atom stereocenters. The fourth-order valence-electron chi connectivity index (χ4n) is 1.98. The van der Waals surface area contributed by atoms with Crippen molar-refractivity contribution in [3.8, 4) is 0 Å². The van der Waals surface area contributed by atoms with Crippen molar-refractivity contribution in [3.05, 3.63) is 53.7 Å². The lowest BCUT2D eigenvalue weighted by molar-refractivity contribution is 0.533. The highest BCUT2D eigenvalue weighted by Crippen LogP contribution is 2.21. The Kier molecular flexibility index (Phi) is 3.90. The van der Waals surface area contributed by atoms with Crippen molar-refractivity contribution in [1.29, 1.82) is 0 Å². The lowest BCUT2D eigenvalue weighted by Crippen LogP contribution is -2.30. The van der Waals surface area contributed by atoms with Gasteiger partial charge in [-0.1, -0.05) is 6.92 Å². The molecule has 2 aromatic heterocycles. The van der Waals surface area contributed by atoms with Crippen LogP contribution in [-0.4, -0.2) is 4.98 Å². The average Bonchev–Trinajstić information content (AvgIpc) is 2.89. The first kappa shape index (κ1) is 11.8. The molecule has 0 aromatic carbocycles. The van der Waals surface area contributed by atoms with Crippen molar-refractivity contribution in [2.75, 3.05) is 0 Å². The maximum atomic E-state index is 5.64. The summed E-state index contributed by atoms with van der Waals surface area (Å²) in [5.74, 6) is 5.64. The fourth-order valence-corrected chi connectivity index (χ4v) is 1.98. The molecular weight excluding hydrogens is 214 g/mol. The normalized spacial score (nSPS) is 12.6. The number of hydrazine groups is 1. The Morgan fingerprint density at radius 1 is 1.47 bits per heavy atom. The van der Waals surface area contributed by atoms with E-state index in [4.69, 9.17) is 10.3 Å². The van der Waals surface area contributed by atoms with Crippen LogP contribution in [0.15, 0.2) is 41.5 Å². The number of rotatable bonds is 5. The highest BCUT2D eigenvalue weighted by Gasteiger charge is 2.14. The lowest BCUT2D eigenvalue weighted by Gasteiger charge is -2.18. The van der Waals surface area contributed by atoms with Gasteiger partial charge >= 0.3 is 0 Å². The number of hydrogen-bond acceptors (Lipinski definition) is 4. The van der Waals surface area contributed by atoms with Gasteiger partial charge in [-0.2, -0.15) is 0 Å². The maximum absolute atomic E-state index is 5.64. The van der Waals surface area contributed by atoms with Gasteiger partial charge in [-0.05, 0) is 41.7 Å². The third kappa shape index (κ3) is 2.72. The van der Waals surface area contributed by atoms with Crippen molar-refractivity contribution in [2.45, 2.75) is 25.8 Å². The van der Waals surface area contributed by atoms with Crippen molar-refractivity contribution < 1.29 is 4.42 Å². The van der Waals surface area contributed by atoms with Crippen LogP contribution in [-0.2, 0) is 12.8 Å². The van der Waals surface area contributed by atoms with Gasteiger partial charge in [0, 0.05) is 12.4 Å². The molecule has 0 fully saturated rings. The summed E-state index contributed by atoms with van der Waals surface area (Å²) in [6, 6.07) is 4.06. The molecule has 0 aliphatic heterocycles. The highest BCUT2D eigenvalue weighted by molar-refractivity contribution is 5.28. The van der Waals surface area contributed by atoms with Gasteiger partial charge in [0.2, 0.25) is 0 Å². The van der Waals surface area contributed by atoms with Crippen molar-refractivity contribution >= 4 is 0 Å². The number of furan rings is 1. The third-order valence-electron chi connectivity index (χ3n) is 2.92. The minimum atomic E-state index is 0.0885. The number of nitrogens with one attached hydrogen (secondary N) is 1. The van der Waals surface area contributed by atoms with E-state index in [2.05, 4.69) is 17.3 Å². The predicted molar refractivity (Wildman–Crippen MR) is 66.1 cm³/mol. The van der Waals surface area contributed by atoms with Gasteiger partial charge in [-0.25, -0.2) is 0 Å². The molecule has 0 amide bonds. The van der Waals surface area contributed by atoms with Crippen LogP contribution in [0.4, 0.5) is 0 Å². The predicted octanol–water partition coefficient (Wildman–Crippen LogP) is 1.98. The third-order valence-corrected chi connectivity index (χ3v) is 2.92. The molecular formula is C13H17N3O. The van der Waals surface area contributed by atoms with Crippen LogP contribution < -0.4 is 11.3 Å². The summed E-state index contributed by atoms with van der Waals surface area (Å²) < 4.78 is 5.07. The first-order chi connectivity index (χ1) is 8.35. The lowest BCUT2D eigenvalue weighted by atomic mass is 9.97. The average molecular weight is 231 g/mol. The van der Waals surface area contributed by atoms with Crippen LogP contribution >= 0.6 is 0 Å². The van der Waals surface area contributed by atoms with E-state index in [1.54, 1.807) is 18.7 Å². The van der Waals surface area contributed by atoms with Gasteiger partial charge in [0.1, 0.15) is 0 Å². The van der Waals surface area contributed by atoms with Gasteiger partial charge in [-0.15, -0.1) is 0 Å². The van der Waals surface area contributed by atoms with Crippen LogP contribution in [0.1, 0.15) is 29.7 Å². The molecule has 0 aliphatic rings. The monoisotopic (exact) mass is 231 g/mol. The summed E-state index contributed by atoms with van der Waals surface area (Å²) in [5, 5.41) is 0. The quantitative estimate of drug-likeness (QED) is 0.610. The molecule has 2 heterocycles. The van der Waals surface area contributed by atoms with E-state index in [0.717, 1.165) is 18.4 Å². The molecule has 4 heteroatoms. The molecule has 3 N–H and O–H groups in total. The largest absolute Gasteiger partial charge is 0.472 e. The summed E-state index contributed by atoms with van der Waals surface area (Å²) in [6.07, 6.45) is 8.88. The first-order valence-corrected chi connectivity index (χ1v) is 5.75. The van der Waals surface area contributed by atoms with Crippen LogP contribution in [0.2, 0.25) is 0 Å². The summed E-state index contributed by atoms with van der Waals surface area (Å²) in [7, 11) is 0. The van der Waals surface area contributed by atoms with Gasteiger partial charge in [-0.3, -0.25) is 16.3 Å². The molecule has 2 rings (SSSR count). The number of aromatic nitrogens is 1. The minimum Gasteiger partial charge on any atom is -0.472 e. The number of aryl methyl sites for hydroxylation is 1. The van der Waals surface area contributed by atoms with Crippen LogP contribution in [0.3, 0.4) is 0 Å². The smallest absolute Gasteiger partial charge is 0.0935 e. The van der Waals surface area contributed by atoms with Crippen molar-refractivity contribution in [2.24, 2.45) is 5.84 Å². The topological polar surface area (TPSA) is 64.1 Å². The van der Waals surface area contributed by atoms with Gasteiger partial charge in [0.05, 0.1) is 18.6 Å². The Bertz CT molecular complexity index is 453. The Labute approximate surface area is 101 Å². The fraction of sp³-hybridized carbons (Fsp3) is 0.308. The molecule has 0 radical (unpaired) electrons. The number of hydrogen-bond donors (Lipinski definition) is 2. The Morgan fingerprint density at radius 3 is 3.00 bits per heavy atom. The van der Waals surface area contributed by atoms with Crippen molar-refractivity contribution in [3.63, 3.8) is 0 Å². The molecule has 4 nitrogen and oxygen atoms in total. The summed E-state index contributed by atoms with van der Waals surface area (Å²) in [5.41, 5.74) is 6.41. The van der Waals surface area contributed by atoms with E-state index < -0.39 is 0 Å². The SMILES string of the molecule is CCc1cnccc1C(Cc1ccoc1)NN. The zero-order chi connectivity index (χ0) is 12.1. The second-order valence-electron chi connectivity index (χ2n) is 3.98. The minimum absolute atomic E-state index is 0.0885. The Morgan fingerprint density at radius 2 is 2.35 bits per heavy atom. The van der Waals surface area contributed by atoms with Crippen LogP contribution in [0.25, 0.3) is 0 Å². The molecule has 0 saturated heterocycles. The van der Waals surface area contributed by atoms with E-state index in [-0.39, 0.29) is 6.04 Å². The van der Waals surface area contributed by atoms with Gasteiger partial charge in [0.15, 0.2) is 0 Å². The van der Waals surface area contributed by atoms with Crippen LogP contribution in [0, 0.1) is 0 Å². The van der Waals surface area contributed by atoms with E-state index >= 15 is 0 Å². The molecule has 17 heavy (non-hydrogen) atoms. The highest BCUT2D eigenvalue weighted by atomic mass is 16.3. The molecule has 2 aromatic rings. The molecule has 0 aliphatic carbocycles. The van der Waals surface area contributed by atoms with Gasteiger partial charge in [0.25, 0.3) is 0 Å². The molecule has 0 bridgehead atoms. The van der Waals surface area contributed by atoms with E-state index in [1.807, 2.05) is 18.3 Å². The van der Waals surface area contributed by atoms with E-state index in [0.29, 0.717) is 0 Å². The first-order valence-electron chi connectivity index (χ1n) is 5.75. The Balaban J connectivity index is 2.22. The number of nitrogens with two attached hydrogens (primary N) is 1. The molecule has 1 atom stereocenters. The van der Waals surface area contributed by atoms with Crippen LogP contribution in [0.5, 0.6) is 0 Å².